The molecular weight excluding hydrogens is 372 g/mol. The van der Waals surface area contributed by atoms with E-state index in [9.17, 15) is 4.79 Å². The molecule has 0 bridgehead atoms. The Balaban J connectivity index is 1.48. The smallest absolute Gasteiger partial charge is 0.254 e. The molecule has 1 amide bonds. The topological polar surface area (TPSA) is 60.5 Å². The van der Waals surface area contributed by atoms with E-state index in [1.54, 1.807) is 13.1 Å². The van der Waals surface area contributed by atoms with Gasteiger partial charge in [0.2, 0.25) is 0 Å². The van der Waals surface area contributed by atoms with Gasteiger partial charge in [-0.3, -0.25) is 10.1 Å². The van der Waals surface area contributed by atoms with E-state index in [1.807, 2.05) is 24.3 Å². The van der Waals surface area contributed by atoms with E-state index in [1.165, 1.54) is 11.3 Å². The summed E-state index contributed by atoms with van der Waals surface area (Å²) in [7, 11) is 0. The van der Waals surface area contributed by atoms with E-state index in [4.69, 9.17) is 21.1 Å². The Morgan fingerprint density at radius 2 is 2.31 bits per heavy atom. The first kappa shape index (κ1) is 19.3. The summed E-state index contributed by atoms with van der Waals surface area (Å²) in [5.41, 5.74) is 1.04. The molecule has 1 fully saturated rings. The van der Waals surface area contributed by atoms with Gasteiger partial charge in [0.15, 0.2) is 5.13 Å². The number of anilines is 1. The number of carbonyl (C=O) groups excluding carboxylic acids is 1. The molecule has 1 aliphatic rings. The maximum Gasteiger partial charge on any atom is 0.254 e. The minimum atomic E-state index is -0.545. The normalized spacial score (nSPS) is 18.5. The Morgan fingerprint density at radius 1 is 1.46 bits per heavy atom. The SMILES string of the molecule is C[C@@H](OC[C@@H]1CCCCO1)C(=O)Nc1ncc(Cc2ccccc2Cl)s1. The number of benzene rings is 1. The number of aromatic nitrogens is 1. The van der Waals surface area contributed by atoms with E-state index in [0.29, 0.717) is 18.2 Å². The highest BCUT2D eigenvalue weighted by Crippen LogP contribution is 2.25. The summed E-state index contributed by atoms with van der Waals surface area (Å²) in [6, 6.07) is 7.73. The number of ether oxygens (including phenoxy) is 2. The second-order valence-corrected chi connectivity index (χ2v) is 7.88. The molecule has 1 aromatic heterocycles. The van der Waals surface area contributed by atoms with E-state index in [2.05, 4.69) is 10.3 Å². The van der Waals surface area contributed by atoms with Gasteiger partial charge < -0.3 is 9.47 Å². The molecule has 0 spiro atoms. The monoisotopic (exact) mass is 394 g/mol. The van der Waals surface area contributed by atoms with Gasteiger partial charge in [0.25, 0.3) is 5.91 Å². The van der Waals surface area contributed by atoms with Crippen LogP contribution < -0.4 is 5.32 Å². The number of nitrogens with one attached hydrogen (secondary N) is 1. The van der Waals surface area contributed by atoms with Crippen LogP contribution in [0.25, 0.3) is 0 Å². The zero-order valence-electron chi connectivity index (χ0n) is 14.7. The number of nitrogens with zero attached hydrogens (tertiary/aromatic N) is 1. The lowest BCUT2D eigenvalue weighted by Gasteiger charge is -2.23. The second kappa shape index (κ2) is 9.46. The highest BCUT2D eigenvalue weighted by molar-refractivity contribution is 7.15. The van der Waals surface area contributed by atoms with Gasteiger partial charge in [-0.1, -0.05) is 29.8 Å². The van der Waals surface area contributed by atoms with Crippen molar-refractivity contribution in [1.82, 2.24) is 4.98 Å². The average molecular weight is 395 g/mol. The Hall–Kier alpha value is -1.47. The molecule has 0 aliphatic carbocycles. The number of halogens is 1. The van der Waals surface area contributed by atoms with Crippen LogP contribution in [0.3, 0.4) is 0 Å². The van der Waals surface area contributed by atoms with Crippen LogP contribution in [-0.4, -0.2) is 36.3 Å². The standard InChI is InChI=1S/C19H23ClN2O3S/c1-13(25-12-15-7-4-5-9-24-15)18(23)22-19-21-11-16(26-19)10-14-6-2-3-8-17(14)20/h2-3,6,8,11,13,15H,4-5,7,9-10,12H2,1H3,(H,21,22,23)/t13-,15+/m1/s1. The quantitative estimate of drug-likeness (QED) is 0.760. The zero-order valence-corrected chi connectivity index (χ0v) is 16.3. The molecule has 0 unspecified atom stereocenters. The van der Waals surface area contributed by atoms with Crippen molar-refractivity contribution in [3.63, 3.8) is 0 Å². The van der Waals surface area contributed by atoms with Gasteiger partial charge in [0.05, 0.1) is 12.7 Å². The molecule has 5 nitrogen and oxygen atoms in total. The van der Waals surface area contributed by atoms with Gasteiger partial charge in [-0.25, -0.2) is 4.98 Å². The molecule has 1 N–H and O–H groups in total. The first-order valence-corrected chi connectivity index (χ1v) is 10.0. The third-order valence-corrected chi connectivity index (χ3v) is 5.56. The molecule has 1 aromatic carbocycles. The van der Waals surface area contributed by atoms with Crippen LogP contribution >= 0.6 is 22.9 Å². The molecule has 2 heterocycles. The predicted molar refractivity (Wildman–Crippen MR) is 104 cm³/mol. The molecule has 3 rings (SSSR count). The van der Waals surface area contributed by atoms with Crippen LogP contribution in [0.4, 0.5) is 5.13 Å². The number of hydrogen-bond donors (Lipinski definition) is 1. The first-order chi connectivity index (χ1) is 12.6. The van der Waals surface area contributed by atoms with Gasteiger partial charge in [-0.2, -0.15) is 0 Å². The Morgan fingerprint density at radius 3 is 3.08 bits per heavy atom. The van der Waals surface area contributed by atoms with Crippen LogP contribution in [0.1, 0.15) is 36.6 Å². The molecule has 0 radical (unpaired) electrons. The van der Waals surface area contributed by atoms with Crippen molar-refractivity contribution >= 4 is 34.0 Å². The molecule has 1 saturated heterocycles. The number of thiazole rings is 1. The number of rotatable bonds is 7. The summed E-state index contributed by atoms with van der Waals surface area (Å²) >= 11 is 7.64. The van der Waals surface area contributed by atoms with Gasteiger partial charge in [0, 0.05) is 29.1 Å². The van der Waals surface area contributed by atoms with Gasteiger partial charge in [-0.05, 0) is 37.8 Å². The fourth-order valence-electron chi connectivity index (χ4n) is 2.75. The van der Waals surface area contributed by atoms with Crippen LogP contribution in [0.2, 0.25) is 5.02 Å². The molecular formula is C19H23ClN2O3S. The van der Waals surface area contributed by atoms with E-state index in [-0.39, 0.29) is 12.0 Å². The average Bonchev–Trinajstić information content (AvgIpc) is 3.09. The summed E-state index contributed by atoms with van der Waals surface area (Å²) in [6.07, 6.45) is 5.27. The fourth-order valence-corrected chi connectivity index (χ4v) is 3.79. The van der Waals surface area contributed by atoms with Crippen LogP contribution in [0.5, 0.6) is 0 Å². The Kier molecular flexibility index (Phi) is 7.02. The molecule has 1 aliphatic heterocycles. The highest BCUT2D eigenvalue weighted by atomic mass is 35.5. The predicted octanol–water partition coefficient (Wildman–Crippen LogP) is 4.30. The molecule has 26 heavy (non-hydrogen) atoms. The summed E-state index contributed by atoms with van der Waals surface area (Å²) in [4.78, 5) is 17.6. The molecule has 140 valence electrons. The van der Waals surface area contributed by atoms with Crippen molar-refractivity contribution in [2.45, 2.75) is 44.8 Å². The van der Waals surface area contributed by atoms with Crippen molar-refractivity contribution in [1.29, 1.82) is 0 Å². The third kappa shape index (κ3) is 5.51. The largest absolute Gasteiger partial charge is 0.376 e. The van der Waals surface area contributed by atoms with Gasteiger partial charge >= 0.3 is 0 Å². The molecule has 2 aromatic rings. The molecule has 2 atom stereocenters. The van der Waals surface area contributed by atoms with Crippen molar-refractivity contribution in [2.24, 2.45) is 0 Å². The van der Waals surface area contributed by atoms with Crippen molar-refractivity contribution in [3.05, 3.63) is 45.9 Å². The van der Waals surface area contributed by atoms with E-state index < -0.39 is 6.10 Å². The molecule has 7 heteroatoms. The minimum Gasteiger partial charge on any atom is -0.376 e. The van der Waals surface area contributed by atoms with E-state index >= 15 is 0 Å². The zero-order chi connectivity index (χ0) is 18.4. The molecule has 0 saturated carbocycles. The van der Waals surface area contributed by atoms with Crippen LogP contribution in [0.15, 0.2) is 30.5 Å². The summed E-state index contributed by atoms with van der Waals surface area (Å²) in [6.45, 7) is 2.97. The van der Waals surface area contributed by atoms with Crippen LogP contribution in [-0.2, 0) is 20.7 Å². The maximum atomic E-state index is 12.3. The Labute approximate surface area is 162 Å². The lowest BCUT2D eigenvalue weighted by Crippen LogP contribution is -2.32. The lowest BCUT2D eigenvalue weighted by molar-refractivity contribution is -0.130. The van der Waals surface area contributed by atoms with Gasteiger partial charge in [0.1, 0.15) is 6.10 Å². The summed E-state index contributed by atoms with van der Waals surface area (Å²) in [5.74, 6) is -0.195. The van der Waals surface area contributed by atoms with E-state index in [0.717, 1.165) is 41.3 Å². The Bertz CT molecular complexity index is 731. The lowest BCUT2D eigenvalue weighted by atomic mass is 10.1. The third-order valence-electron chi connectivity index (χ3n) is 4.28. The number of carbonyl (C=O) groups is 1. The van der Waals surface area contributed by atoms with Crippen molar-refractivity contribution < 1.29 is 14.3 Å². The van der Waals surface area contributed by atoms with Crippen molar-refractivity contribution in [3.8, 4) is 0 Å². The first-order valence-electron chi connectivity index (χ1n) is 8.84. The number of hydrogen-bond acceptors (Lipinski definition) is 5. The summed E-state index contributed by atoms with van der Waals surface area (Å²) in [5, 5.41) is 4.13. The van der Waals surface area contributed by atoms with Crippen LogP contribution in [0, 0.1) is 0 Å². The minimum absolute atomic E-state index is 0.0982. The fraction of sp³-hybridized carbons (Fsp3) is 0.474. The van der Waals surface area contributed by atoms with Crippen molar-refractivity contribution in [2.75, 3.05) is 18.5 Å². The summed E-state index contributed by atoms with van der Waals surface area (Å²) < 4.78 is 11.3. The van der Waals surface area contributed by atoms with Gasteiger partial charge in [-0.15, -0.1) is 11.3 Å². The maximum absolute atomic E-state index is 12.3. The number of amides is 1. The highest BCUT2D eigenvalue weighted by Gasteiger charge is 2.19. The second-order valence-electron chi connectivity index (χ2n) is 6.35.